The molecule has 0 aliphatic carbocycles. The Kier molecular flexibility index (Phi) is 5.57. The van der Waals surface area contributed by atoms with Crippen LogP contribution >= 0.6 is 11.6 Å². The number of halogens is 1. The molecule has 1 aromatic rings. The number of anilines is 1. The van der Waals surface area contributed by atoms with Gasteiger partial charge in [0.1, 0.15) is 0 Å². The van der Waals surface area contributed by atoms with E-state index in [2.05, 4.69) is 10.6 Å². The van der Waals surface area contributed by atoms with Gasteiger partial charge in [-0.3, -0.25) is 9.59 Å². The fraction of sp³-hybridized carbons (Fsp3) is 0.467. The minimum atomic E-state index is -0.657. The van der Waals surface area contributed by atoms with Gasteiger partial charge in [0, 0.05) is 23.7 Å². The van der Waals surface area contributed by atoms with Gasteiger partial charge in [-0.05, 0) is 45.4 Å². The van der Waals surface area contributed by atoms with E-state index in [1.54, 1.807) is 26.0 Å². The lowest BCUT2D eigenvalue weighted by atomic mass is 9.95. The molecule has 0 saturated carbocycles. The Morgan fingerprint density at radius 3 is 2.50 bits per heavy atom. The maximum absolute atomic E-state index is 12.1. The van der Waals surface area contributed by atoms with Gasteiger partial charge >= 0.3 is 0 Å². The van der Waals surface area contributed by atoms with E-state index in [0.29, 0.717) is 17.8 Å². The molecule has 0 heterocycles. The van der Waals surface area contributed by atoms with Crippen LogP contribution in [0.15, 0.2) is 18.2 Å². The number of carbonyl (C=O) groups is 2. The predicted molar refractivity (Wildman–Crippen MR) is 82.3 cm³/mol. The second kappa shape index (κ2) is 6.75. The van der Waals surface area contributed by atoms with E-state index in [1.165, 1.54) is 0 Å². The van der Waals surface area contributed by atoms with Gasteiger partial charge in [0.05, 0.1) is 5.41 Å². The average Bonchev–Trinajstić information content (AvgIpc) is 2.41. The van der Waals surface area contributed by atoms with Crippen molar-refractivity contribution in [1.82, 2.24) is 5.32 Å². The molecule has 2 amide bonds. The molecule has 4 nitrogen and oxygen atoms in total. The molecule has 0 spiro atoms. The fourth-order valence-corrected chi connectivity index (χ4v) is 1.63. The highest BCUT2D eigenvalue weighted by Crippen LogP contribution is 2.23. The van der Waals surface area contributed by atoms with Crippen LogP contribution in [-0.2, 0) is 4.79 Å². The Morgan fingerprint density at radius 1 is 1.30 bits per heavy atom. The van der Waals surface area contributed by atoms with Crippen molar-refractivity contribution in [2.75, 3.05) is 17.7 Å². The second-order valence-electron chi connectivity index (χ2n) is 5.36. The standard InChI is InChI=1S/C15H21ClN2O2/c1-5-17-13(19)11-7-6-10(2)12(8-11)18-14(20)15(3,4)9-16/h6-8H,5,9H2,1-4H3,(H,17,19)(H,18,20). The molecule has 0 aliphatic rings. The summed E-state index contributed by atoms with van der Waals surface area (Å²) in [4.78, 5) is 23.9. The highest BCUT2D eigenvalue weighted by molar-refractivity contribution is 6.20. The summed E-state index contributed by atoms with van der Waals surface area (Å²) >= 11 is 5.79. The van der Waals surface area contributed by atoms with Crippen LogP contribution in [0.3, 0.4) is 0 Å². The molecule has 0 radical (unpaired) electrons. The van der Waals surface area contributed by atoms with Crippen LogP contribution in [-0.4, -0.2) is 24.2 Å². The molecule has 20 heavy (non-hydrogen) atoms. The van der Waals surface area contributed by atoms with E-state index in [9.17, 15) is 9.59 Å². The molecule has 1 aromatic carbocycles. The molecular formula is C15H21ClN2O2. The van der Waals surface area contributed by atoms with E-state index in [4.69, 9.17) is 11.6 Å². The number of carbonyl (C=O) groups excluding carboxylic acids is 2. The third-order valence-corrected chi connectivity index (χ3v) is 3.70. The maximum atomic E-state index is 12.1. The van der Waals surface area contributed by atoms with E-state index in [1.807, 2.05) is 19.9 Å². The molecule has 1 rings (SSSR count). The Hall–Kier alpha value is -1.55. The van der Waals surface area contributed by atoms with Crippen LogP contribution in [0.25, 0.3) is 0 Å². The molecular weight excluding hydrogens is 276 g/mol. The molecule has 110 valence electrons. The minimum Gasteiger partial charge on any atom is -0.352 e. The summed E-state index contributed by atoms with van der Waals surface area (Å²) in [5.41, 5.74) is 1.40. The lowest BCUT2D eigenvalue weighted by Crippen LogP contribution is -2.32. The molecule has 0 atom stereocenters. The van der Waals surface area contributed by atoms with Gasteiger partial charge in [0.15, 0.2) is 0 Å². The smallest absolute Gasteiger partial charge is 0.251 e. The molecule has 2 N–H and O–H groups in total. The molecule has 5 heteroatoms. The van der Waals surface area contributed by atoms with Crippen LogP contribution in [0.2, 0.25) is 0 Å². The Morgan fingerprint density at radius 2 is 1.95 bits per heavy atom. The van der Waals surface area contributed by atoms with Crippen molar-refractivity contribution in [2.45, 2.75) is 27.7 Å². The molecule has 0 fully saturated rings. The van der Waals surface area contributed by atoms with Crippen molar-refractivity contribution >= 4 is 29.1 Å². The first-order valence-electron chi connectivity index (χ1n) is 6.58. The predicted octanol–water partition coefficient (Wildman–Crippen LogP) is 2.95. The van der Waals surface area contributed by atoms with Crippen molar-refractivity contribution in [1.29, 1.82) is 0 Å². The van der Waals surface area contributed by atoms with Gasteiger partial charge in [-0.1, -0.05) is 6.07 Å². The van der Waals surface area contributed by atoms with E-state index in [0.717, 1.165) is 5.56 Å². The maximum Gasteiger partial charge on any atom is 0.251 e. The number of alkyl halides is 1. The van der Waals surface area contributed by atoms with Crippen LogP contribution in [0.1, 0.15) is 36.7 Å². The van der Waals surface area contributed by atoms with Crippen molar-refractivity contribution < 1.29 is 9.59 Å². The zero-order chi connectivity index (χ0) is 15.3. The summed E-state index contributed by atoms with van der Waals surface area (Å²) in [5, 5.41) is 5.57. The van der Waals surface area contributed by atoms with E-state index in [-0.39, 0.29) is 17.7 Å². The topological polar surface area (TPSA) is 58.2 Å². The van der Waals surface area contributed by atoms with Gasteiger partial charge in [-0.25, -0.2) is 0 Å². The van der Waals surface area contributed by atoms with Crippen LogP contribution in [0.5, 0.6) is 0 Å². The summed E-state index contributed by atoms with van der Waals surface area (Å²) in [6.07, 6.45) is 0. The number of hydrogen-bond acceptors (Lipinski definition) is 2. The summed E-state index contributed by atoms with van der Waals surface area (Å²) in [7, 11) is 0. The Bertz CT molecular complexity index is 513. The number of hydrogen-bond donors (Lipinski definition) is 2. The van der Waals surface area contributed by atoms with Crippen molar-refractivity contribution in [3.63, 3.8) is 0 Å². The molecule has 0 saturated heterocycles. The van der Waals surface area contributed by atoms with Crippen molar-refractivity contribution in [2.24, 2.45) is 5.41 Å². The summed E-state index contributed by atoms with van der Waals surface area (Å²) in [6.45, 7) is 7.85. The molecule has 0 unspecified atom stereocenters. The average molecular weight is 297 g/mol. The summed E-state index contributed by atoms with van der Waals surface area (Å²) < 4.78 is 0. The fourth-order valence-electron chi connectivity index (χ4n) is 1.51. The van der Waals surface area contributed by atoms with Gasteiger partial charge in [0.2, 0.25) is 5.91 Å². The lowest BCUT2D eigenvalue weighted by molar-refractivity contribution is -0.122. The highest BCUT2D eigenvalue weighted by atomic mass is 35.5. The van der Waals surface area contributed by atoms with Crippen LogP contribution < -0.4 is 10.6 Å². The van der Waals surface area contributed by atoms with E-state index < -0.39 is 5.41 Å². The molecule has 0 aliphatic heterocycles. The molecule has 0 aromatic heterocycles. The SMILES string of the molecule is CCNC(=O)c1ccc(C)c(NC(=O)C(C)(C)CCl)c1. The second-order valence-corrected chi connectivity index (χ2v) is 5.63. The van der Waals surface area contributed by atoms with Gasteiger partial charge < -0.3 is 10.6 Å². The highest BCUT2D eigenvalue weighted by Gasteiger charge is 2.27. The monoisotopic (exact) mass is 296 g/mol. The van der Waals surface area contributed by atoms with Crippen molar-refractivity contribution in [3.8, 4) is 0 Å². The van der Waals surface area contributed by atoms with Gasteiger partial charge in [0.25, 0.3) is 5.91 Å². The number of nitrogens with one attached hydrogen (secondary N) is 2. The van der Waals surface area contributed by atoms with Crippen molar-refractivity contribution in [3.05, 3.63) is 29.3 Å². The van der Waals surface area contributed by atoms with Gasteiger partial charge in [-0.2, -0.15) is 0 Å². The number of benzene rings is 1. The van der Waals surface area contributed by atoms with Crippen LogP contribution in [0.4, 0.5) is 5.69 Å². The number of rotatable bonds is 5. The zero-order valence-electron chi connectivity index (χ0n) is 12.3. The Balaban J connectivity index is 2.98. The van der Waals surface area contributed by atoms with Gasteiger partial charge in [-0.15, -0.1) is 11.6 Å². The third-order valence-electron chi connectivity index (χ3n) is 3.03. The summed E-state index contributed by atoms with van der Waals surface area (Å²) in [6, 6.07) is 5.24. The first-order chi connectivity index (χ1) is 9.31. The number of aryl methyl sites for hydroxylation is 1. The first-order valence-corrected chi connectivity index (χ1v) is 7.11. The third kappa shape index (κ3) is 3.97. The zero-order valence-corrected chi connectivity index (χ0v) is 13.1. The first kappa shape index (κ1) is 16.5. The van der Waals surface area contributed by atoms with Crippen LogP contribution in [0, 0.1) is 12.3 Å². The minimum absolute atomic E-state index is 0.153. The Labute approximate surface area is 124 Å². The largest absolute Gasteiger partial charge is 0.352 e. The number of amides is 2. The molecule has 0 bridgehead atoms. The summed E-state index contributed by atoms with van der Waals surface area (Å²) in [5.74, 6) is -0.0864. The normalized spacial score (nSPS) is 11.1. The van der Waals surface area contributed by atoms with E-state index >= 15 is 0 Å². The lowest BCUT2D eigenvalue weighted by Gasteiger charge is -2.21. The quantitative estimate of drug-likeness (QED) is 0.821.